The molecular weight excluding hydrogens is 454 g/mol. The maximum absolute atomic E-state index is 13.0. The molecule has 3 N–H and O–H groups in total. The van der Waals surface area contributed by atoms with Crippen molar-refractivity contribution in [1.82, 2.24) is 15.5 Å². The number of amides is 3. The van der Waals surface area contributed by atoms with E-state index in [9.17, 15) is 14.4 Å². The van der Waals surface area contributed by atoms with E-state index in [-0.39, 0.29) is 25.5 Å². The molecule has 2 aromatic carbocycles. The van der Waals surface area contributed by atoms with Gasteiger partial charge in [-0.1, -0.05) is 49.4 Å². The molecule has 0 saturated heterocycles. The molecular formula is C24H35N3O6Si. The summed E-state index contributed by atoms with van der Waals surface area (Å²) in [6.45, 7) is 5.59. The zero-order valence-electron chi connectivity index (χ0n) is 19.9. The Bertz CT molecular complexity index is 937. The quantitative estimate of drug-likeness (QED) is 0.260. The van der Waals surface area contributed by atoms with Gasteiger partial charge in [-0.15, -0.1) is 0 Å². The molecule has 0 spiro atoms. The molecule has 2 aromatic rings. The summed E-state index contributed by atoms with van der Waals surface area (Å²) in [5.74, 6) is -0.651. The second-order valence-electron chi connectivity index (χ2n) is 7.85. The largest absolute Gasteiger partial charge is 0.465 e. The maximum atomic E-state index is 13.0. The molecule has 3 amide bonds. The van der Waals surface area contributed by atoms with Crippen LogP contribution in [0.4, 0.5) is 4.79 Å². The lowest BCUT2D eigenvalue weighted by Gasteiger charge is -2.24. The van der Waals surface area contributed by atoms with E-state index < -0.39 is 27.8 Å². The van der Waals surface area contributed by atoms with Crippen LogP contribution in [0.5, 0.6) is 0 Å². The topological polar surface area (TPSA) is 117 Å². The lowest BCUT2D eigenvalue weighted by atomic mass is 10.0. The Hall–Kier alpha value is -2.95. The molecule has 2 rings (SSSR count). The molecule has 0 bridgehead atoms. The Morgan fingerprint density at radius 1 is 1.12 bits per heavy atom. The summed E-state index contributed by atoms with van der Waals surface area (Å²) in [6, 6.07) is 14.2. The Morgan fingerprint density at radius 2 is 1.88 bits per heavy atom. The number of carbonyl (C=O) groups is 3. The summed E-state index contributed by atoms with van der Waals surface area (Å²) < 4.78 is 11.0. The molecule has 0 saturated carbocycles. The molecule has 0 aliphatic heterocycles. The lowest BCUT2D eigenvalue weighted by molar-refractivity contribution is -0.134. The minimum atomic E-state index is -1.21. The summed E-state index contributed by atoms with van der Waals surface area (Å²) in [5.41, 5.74) is 1.01. The first-order valence-electron chi connectivity index (χ1n) is 11.6. The van der Waals surface area contributed by atoms with E-state index in [4.69, 9.17) is 14.3 Å². The first-order chi connectivity index (χ1) is 16.4. The molecule has 0 aliphatic carbocycles. The summed E-state index contributed by atoms with van der Waals surface area (Å²) in [7, 11) is -0.716. The third-order valence-electron chi connectivity index (χ3n) is 5.17. The molecule has 1 atom stereocenters. The van der Waals surface area contributed by atoms with Crippen molar-refractivity contribution >= 4 is 38.4 Å². The smallest absolute Gasteiger partial charge is 0.404 e. The first-order valence-corrected chi connectivity index (χ1v) is 13.2. The SMILES string of the molecule is CCOCCN(Cc1cccc2ccccc12)C(=O)CNC(=O)CC(CO[SiH2]CC)NC(=O)O. The fraction of sp³-hybridized carbons (Fsp3) is 0.458. The highest BCUT2D eigenvalue weighted by Crippen LogP contribution is 2.20. The predicted molar refractivity (Wildman–Crippen MR) is 133 cm³/mol. The molecule has 0 radical (unpaired) electrons. The lowest BCUT2D eigenvalue weighted by Crippen LogP contribution is -2.45. The van der Waals surface area contributed by atoms with Crippen molar-refractivity contribution in [3.63, 3.8) is 0 Å². The van der Waals surface area contributed by atoms with Crippen molar-refractivity contribution in [2.24, 2.45) is 0 Å². The zero-order chi connectivity index (χ0) is 24.8. The van der Waals surface area contributed by atoms with Gasteiger partial charge in [0, 0.05) is 26.1 Å². The minimum Gasteiger partial charge on any atom is -0.465 e. The first kappa shape index (κ1) is 27.3. The van der Waals surface area contributed by atoms with Crippen molar-refractivity contribution in [2.75, 3.05) is 32.9 Å². The highest BCUT2D eigenvalue weighted by Gasteiger charge is 2.19. The number of nitrogens with one attached hydrogen (secondary N) is 2. The van der Waals surface area contributed by atoms with E-state index in [0.29, 0.717) is 26.3 Å². The van der Waals surface area contributed by atoms with Gasteiger partial charge in [-0.25, -0.2) is 4.79 Å². The highest BCUT2D eigenvalue weighted by atomic mass is 28.2. The van der Waals surface area contributed by atoms with Crippen LogP contribution < -0.4 is 10.6 Å². The van der Waals surface area contributed by atoms with Crippen LogP contribution in [0.1, 0.15) is 25.8 Å². The average molecular weight is 490 g/mol. The van der Waals surface area contributed by atoms with Crippen molar-refractivity contribution < 1.29 is 28.7 Å². The van der Waals surface area contributed by atoms with Crippen molar-refractivity contribution in [2.45, 2.75) is 38.9 Å². The maximum Gasteiger partial charge on any atom is 0.404 e. The van der Waals surface area contributed by atoms with Gasteiger partial charge < -0.3 is 29.8 Å². The third-order valence-corrected chi connectivity index (χ3v) is 6.10. The number of hydrogen-bond acceptors (Lipinski definition) is 5. The fourth-order valence-electron chi connectivity index (χ4n) is 3.53. The van der Waals surface area contributed by atoms with Crippen LogP contribution >= 0.6 is 0 Å². The summed E-state index contributed by atoms with van der Waals surface area (Å²) in [6.07, 6.45) is -1.31. The fourth-order valence-corrected chi connectivity index (χ4v) is 4.26. The number of fused-ring (bicyclic) bond motifs is 1. The van der Waals surface area contributed by atoms with E-state index in [1.54, 1.807) is 4.90 Å². The summed E-state index contributed by atoms with van der Waals surface area (Å²) >= 11 is 0. The van der Waals surface area contributed by atoms with Crippen LogP contribution in [0.2, 0.25) is 6.04 Å². The van der Waals surface area contributed by atoms with E-state index in [1.807, 2.05) is 56.3 Å². The molecule has 0 aliphatic rings. The molecule has 34 heavy (non-hydrogen) atoms. The van der Waals surface area contributed by atoms with Crippen LogP contribution in [-0.4, -0.2) is 76.6 Å². The van der Waals surface area contributed by atoms with Crippen LogP contribution in [0, 0.1) is 0 Å². The predicted octanol–water partition coefficient (Wildman–Crippen LogP) is 1.89. The van der Waals surface area contributed by atoms with Gasteiger partial charge >= 0.3 is 6.09 Å². The van der Waals surface area contributed by atoms with Crippen LogP contribution in [0.25, 0.3) is 10.8 Å². The monoisotopic (exact) mass is 489 g/mol. The Labute approximate surface area is 202 Å². The molecule has 10 heteroatoms. The molecule has 186 valence electrons. The molecule has 0 heterocycles. The Morgan fingerprint density at radius 3 is 2.62 bits per heavy atom. The van der Waals surface area contributed by atoms with Gasteiger partial charge in [0.05, 0.1) is 25.8 Å². The summed E-state index contributed by atoms with van der Waals surface area (Å²) in [4.78, 5) is 38.1. The van der Waals surface area contributed by atoms with E-state index in [2.05, 4.69) is 10.6 Å². The van der Waals surface area contributed by atoms with Crippen molar-refractivity contribution in [3.05, 3.63) is 48.0 Å². The Balaban J connectivity index is 1.99. The minimum absolute atomic E-state index is 0.0973. The second kappa shape index (κ2) is 15.0. The van der Waals surface area contributed by atoms with Crippen molar-refractivity contribution in [3.8, 4) is 0 Å². The number of benzene rings is 2. The highest BCUT2D eigenvalue weighted by molar-refractivity contribution is 6.26. The number of ether oxygens (including phenoxy) is 1. The zero-order valence-corrected chi connectivity index (χ0v) is 21.3. The molecule has 9 nitrogen and oxygen atoms in total. The van der Waals surface area contributed by atoms with E-state index in [0.717, 1.165) is 22.4 Å². The molecule has 1 unspecified atom stereocenters. The van der Waals surface area contributed by atoms with Gasteiger partial charge in [0.1, 0.15) is 0 Å². The number of hydrogen-bond donors (Lipinski definition) is 3. The van der Waals surface area contributed by atoms with Gasteiger partial charge in [-0.3, -0.25) is 9.59 Å². The second-order valence-corrected chi connectivity index (χ2v) is 9.67. The van der Waals surface area contributed by atoms with Gasteiger partial charge in [0.25, 0.3) is 0 Å². The van der Waals surface area contributed by atoms with Crippen LogP contribution in [0.3, 0.4) is 0 Å². The summed E-state index contributed by atoms with van der Waals surface area (Å²) in [5, 5.41) is 16.1. The molecule has 0 fully saturated rings. The van der Waals surface area contributed by atoms with E-state index in [1.165, 1.54) is 0 Å². The number of carbonyl (C=O) groups excluding carboxylic acids is 2. The van der Waals surface area contributed by atoms with Gasteiger partial charge in [0.2, 0.25) is 11.8 Å². The Kier molecular flexibility index (Phi) is 12.1. The van der Waals surface area contributed by atoms with Gasteiger partial charge in [0.15, 0.2) is 9.76 Å². The van der Waals surface area contributed by atoms with Gasteiger partial charge in [-0.05, 0) is 29.3 Å². The number of carboxylic acid groups (broad SMARTS) is 1. The number of nitrogens with zero attached hydrogens (tertiary/aromatic N) is 1. The van der Waals surface area contributed by atoms with Gasteiger partial charge in [-0.2, -0.15) is 0 Å². The normalized spacial score (nSPS) is 12.1. The van der Waals surface area contributed by atoms with Crippen LogP contribution in [-0.2, 0) is 25.3 Å². The van der Waals surface area contributed by atoms with Crippen molar-refractivity contribution in [1.29, 1.82) is 0 Å². The molecule has 0 aromatic heterocycles. The van der Waals surface area contributed by atoms with Crippen LogP contribution in [0.15, 0.2) is 42.5 Å². The standard InChI is InChI=1S/C24H35N3O6Si/c1-3-32-13-12-27(16-19-10-7-9-18-8-5-6-11-21(18)19)23(29)15-25-22(28)14-20(26-24(30)31)17-33-34-4-2/h5-11,20,26H,3-4,12-17,34H2,1-2H3,(H,25,28)(H,30,31). The van der Waals surface area contributed by atoms with E-state index >= 15 is 0 Å². The number of rotatable bonds is 15. The average Bonchev–Trinajstić information content (AvgIpc) is 2.82. The third kappa shape index (κ3) is 9.50.